The van der Waals surface area contributed by atoms with Crippen molar-refractivity contribution in [1.29, 1.82) is 0 Å². The highest BCUT2D eigenvalue weighted by Gasteiger charge is 2.08. The van der Waals surface area contributed by atoms with Gasteiger partial charge in [-0.05, 0) is 24.6 Å². The lowest BCUT2D eigenvalue weighted by Gasteiger charge is -2.15. The number of carbonyl (C=O) groups is 2. The first kappa shape index (κ1) is 15.2. The predicted molar refractivity (Wildman–Crippen MR) is 84.7 cm³/mol. The molecule has 2 aromatic rings. The van der Waals surface area contributed by atoms with Crippen molar-refractivity contribution in [3.05, 3.63) is 40.9 Å². The third kappa shape index (κ3) is 4.13. The fourth-order valence-electron chi connectivity index (χ4n) is 1.78. The van der Waals surface area contributed by atoms with Crippen LogP contribution in [0.2, 0.25) is 0 Å². The summed E-state index contributed by atoms with van der Waals surface area (Å²) in [6.07, 6.45) is 0.280. The molecule has 5 nitrogen and oxygen atoms in total. The van der Waals surface area contributed by atoms with Crippen molar-refractivity contribution in [2.24, 2.45) is 0 Å². The van der Waals surface area contributed by atoms with Crippen LogP contribution in [0.1, 0.15) is 18.2 Å². The van der Waals surface area contributed by atoms with Gasteiger partial charge >= 0.3 is 0 Å². The average Bonchev–Trinajstić information content (AvgIpc) is 2.83. The molecular weight excluding hydrogens is 286 g/mol. The largest absolute Gasteiger partial charge is 0.316 e. The second-order valence-corrected chi connectivity index (χ2v) is 5.62. The molecule has 0 spiro atoms. The maximum atomic E-state index is 11.9. The molecule has 0 radical (unpaired) electrons. The standard InChI is InChI=1S/C15H17N3O2S/c1-10-9-21-15(16-10)17-14(20)8-12-4-6-13(7-5-12)18(3)11(2)19/h4-7,9H,8H2,1-3H3,(H,16,17,20). The topological polar surface area (TPSA) is 62.3 Å². The summed E-state index contributed by atoms with van der Waals surface area (Å²) >= 11 is 1.41. The minimum absolute atomic E-state index is 0.0281. The van der Waals surface area contributed by atoms with Crippen LogP contribution in [0.4, 0.5) is 10.8 Å². The molecule has 1 aromatic heterocycles. The third-order valence-corrected chi connectivity index (χ3v) is 3.90. The Kier molecular flexibility index (Phi) is 4.70. The second kappa shape index (κ2) is 6.49. The van der Waals surface area contributed by atoms with Gasteiger partial charge in [-0.2, -0.15) is 0 Å². The first-order chi connectivity index (χ1) is 9.95. The second-order valence-electron chi connectivity index (χ2n) is 4.76. The van der Waals surface area contributed by atoms with Gasteiger partial charge in [0.25, 0.3) is 0 Å². The summed E-state index contributed by atoms with van der Waals surface area (Å²) < 4.78 is 0. The van der Waals surface area contributed by atoms with Crippen molar-refractivity contribution in [2.45, 2.75) is 20.3 Å². The predicted octanol–water partition coefficient (Wildman–Crippen LogP) is 2.62. The van der Waals surface area contributed by atoms with Crippen molar-refractivity contribution in [3.8, 4) is 0 Å². The summed E-state index contributed by atoms with van der Waals surface area (Å²) in [5, 5.41) is 5.28. The number of nitrogens with one attached hydrogen (secondary N) is 1. The summed E-state index contributed by atoms with van der Waals surface area (Å²) in [6.45, 7) is 3.40. The fourth-order valence-corrected chi connectivity index (χ4v) is 2.48. The van der Waals surface area contributed by atoms with E-state index in [0.29, 0.717) is 5.13 Å². The Morgan fingerprint density at radius 2 is 1.95 bits per heavy atom. The molecule has 0 fully saturated rings. The lowest BCUT2D eigenvalue weighted by Crippen LogP contribution is -2.22. The number of hydrogen-bond acceptors (Lipinski definition) is 4. The van der Waals surface area contributed by atoms with Crippen LogP contribution in [-0.2, 0) is 16.0 Å². The lowest BCUT2D eigenvalue weighted by molar-refractivity contribution is -0.116. The van der Waals surface area contributed by atoms with Gasteiger partial charge in [0.15, 0.2) is 5.13 Å². The van der Waals surface area contributed by atoms with Crippen LogP contribution in [0.5, 0.6) is 0 Å². The molecule has 2 amide bonds. The van der Waals surface area contributed by atoms with Gasteiger partial charge in [-0.3, -0.25) is 9.59 Å². The molecule has 0 aliphatic heterocycles. The zero-order valence-corrected chi connectivity index (χ0v) is 13.0. The molecular formula is C15H17N3O2S. The highest BCUT2D eigenvalue weighted by atomic mass is 32.1. The Bertz CT molecular complexity index is 649. The van der Waals surface area contributed by atoms with Gasteiger partial charge in [0, 0.05) is 25.0 Å². The van der Waals surface area contributed by atoms with Crippen LogP contribution in [0.3, 0.4) is 0 Å². The summed E-state index contributed by atoms with van der Waals surface area (Å²) in [6, 6.07) is 7.36. The van der Waals surface area contributed by atoms with Crippen molar-refractivity contribution >= 4 is 34.0 Å². The van der Waals surface area contributed by atoms with Crippen LogP contribution in [0, 0.1) is 6.92 Å². The maximum absolute atomic E-state index is 11.9. The van der Waals surface area contributed by atoms with Crippen LogP contribution in [-0.4, -0.2) is 23.8 Å². The van der Waals surface area contributed by atoms with E-state index < -0.39 is 0 Å². The van der Waals surface area contributed by atoms with Gasteiger partial charge < -0.3 is 10.2 Å². The molecule has 21 heavy (non-hydrogen) atoms. The van der Waals surface area contributed by atoms with E-state index in [2.05, 4.69) is 10.3 Å². The minimum atomic E-state index is -0.1000. The number of aromatic nitrogens is 1. The van der Waals surface area contributed by atoms with Gasteiger partial charge in [0.05, 0.1) is 12.1 Å². The Labute approximate surface area is 127 Å². The summed E-state index contributed by atoms with van der Waals surface area (Å²) in [5.74, 6) is -0.128. The highest BCUT2D eigenvalue weighted by molar-refractivity contribution is 7.13. The lowest BCUT2D eigenvalue weighted by atomic mass is 10.1. The first-order valence-corrected chi connectivity index (χ1v) is 7.39. The quantitative estimate of drug-likeness (QED) is 0.944. The highest BCUT2D eigenvalue weighted by Crippen LogP contribution is 2.16. The van der Waals surface area contributed by atoms with E-state index in [4.69, 9.17) is 0 Å². The molecule has 2 rings (SSSR count). The van der Waals surface area contributed by atoms with Gasteiger partial charge in [-0.25, -0.2) is 4.98 Å². The molecule has 0 aliphatic rings. The van der Waals surface area contributed by atoms with E-state index in [1.54, 1.807) is 11.9 Å². The molecule has 0 aliphatic carbocycles. The normalized spacial score (nSPS) is 10.2. The smallest absolute Gasteiger partial charge is 0.230 e. The number of aryl methyl sites for hydroxylation is 1. The number of anilines is 2. The summed E-state index contributed by atoms with van der Waals surface area (Å²) in [5.41, 5.74) is 2.59. The maximum Gasteiger partial charge on any atom is 0.230 e. The number of thiazole rings is 1. The average molecular weight is 303 g/mol. The van der Waals surface area contributed by atoms with E-state index in [0.717, 1.165) is 16.9 Å². The summed E-state index contributed by atoms with van der Waals surface area (Å²) in [4.78, 5) is 28.9. The van der Waals surface area contributed by atoms with E-state index in [9.17, 15) is 9.59 Å². The van der Waals surface area contributed by atoms with E-state index >= 15 is 0 Å². The Hall–Kier alpha value is -2.21. The zero-order valence-electron chi connectivity index (χ0n) is 12.2. The zero-order chi connectivity index (χ0) is 15.4. The first-order valence-electron chi connectivity index (χ1n) is 6.51. The van der Waals surface area contributed by atoms with Crippen molar-refractivity contribution in [2.75, 3.05) is 17.3 Å². The van der Waals surface area contributed by atoms with Crippen LogP contribution >= 0.6 is 11.3 Å². The number of benzene rings is 1. The minimum Gasteiger partial charge on any atom is -0.316 e. The monoisotopic (exact) mass is 303 g/mol. The molecule has 0 saturated heterocycles. The van der Waals surface area contributed by atoms with Crippen molar-refractivity contribution < 1.29 is 9.59 Å². The van der Waals surface area contributed by atoms with Crippen LogP contribution in [0.25, 0.3) is 0 Å². The van der Waals surface area contributed by atoms with Crippen molar-refractivity contribution in [1.82, 2.24) is 4.98 Å². The van der Waals surface area contributed by atoms with Crippen LogP contribution < -0.4 is 10.2 Å². The fraction of sp³-hybridized carbons (Fsp3) is 0.267. The molecule has 6 heteroatoms. The van der Waals surface area contributed by atoms with Crippen LogP contribution in [0.15, 0.2) is 29.6 Å². The van der Waals surface area contributed by atoms with Gasteiger partial charge in [0.2, 0.25) is 11.8 Å². The molecule has 1 aromatic carbocycles. The molecule has 0 unspecified atom stereocenters. The number of nitrogens with zero attached hydrogens (tertiary/aromatic N) is 2. The third-order valence-electron chi connectivity index (χ3n) is 3.03. The molecule has 0 saturated carbocycles. The van der Waals surface area contributed by atoms with Gasteiger partial charge in [0.1, 0.15) is 0 Å². The molecule has 1 N–H and O–H groups in total. The molecule has 0 atom stereocenters. The van der Waals surface area contributed by atoms with E-state index in [-0.39, 0.29) is 18.2 Å². The number of carbonyl (C=O) groups excluding carboxylic acids is 2. The van der Waals surface area contributed by atoms with Gasteiger partial charge in [-0.1, -0.05) is 12.1 Å². The SMILES string of the molecule is CC(=O)N(C)c1ccc(CC(=O)Nc2nc(C)cs2)cc1. The Balaban J connectivity index is 1.96. The van der Waals surface area contributed by atoms with E-state index in [1.165, 1.54) is 18.3 Å². The van der Waals surface area contributed by atoms with E-state index in [1.807, 2.05) is 36.6 Å². The van der Waals surface area contributed by atoms with Crippen molar-refractivity contribution in [3.63, 3.8) is 0 Å². The Morgan fingerprint density at radius 1 is 1.29 bits per heavy atom. The molecule has 0 bridgehead atoms. The van der Waals surface area contributed by atoms with Gasteiger partial charge in [-0.15, -0.1) is 11.3 Å². The number of hydrogen-bond donors (Lipinski definition) is 1. The molecule has 1 heterocycles. The number of amides is 2. The Morgan fingerprint density at radius 3 is 2.48 bits per heavy atom. The summed E-state index contributed by atoms with van der Waals surface area (Å²) in [7, 11) is 1.72. The number of rotatable bonds is 4. The molecule has 110 valence electrons.